The van der Waals surface area contributed by atoms with E-state index in [4.69, 9.17) is 0 Å². The van der Waals surface area contributed by atoms with Crippen LogP contribution in [0.3, 0.4) is 0 Å². The van der Waals surface area contributed by atoms with Gasteiger partial charge >= 0.3 is 0 Å². The number of aryl methyl sites for hydroxylation is 1. The monoisotopic (exact) mass is 323 g/mol. The molecule has 1 aliphatic carbocycles. The fraction of sp³-hybridized carbons (Fsp3) is 0.400. The summed E-state index contributed by atoms with van der Waals surface area (Å²) < 4.78 is 0. The molecule has 24 heavy (non-hydrogen) atoms. The second-order valence-electron chi connectivity index (χ2n) is 6.62. The number of hydrogen-bond acceptors (Lipinski definition) is 3. The fourth-order valence-corrected chi connectivity index (χ4v) is 3.11. The van der Waals surface area contributed by atoms with Gasteiger partial charge in [0.2, 0.25) is 5.91 Å². The Balaban J connectivity index is 1.51. The predicted molar refractivity (Wildman–Crippen MR) is 98.2 cm³/mol. The summed E-state index contributed by atoms with van der Waals surface area (Å²) in [6.07, 6.45) is 8.47. The van der Waals surface area contributed by atoms with E-state index in [1.165, 1.54) is 37.7 Å². The van der Waals surface area contributed by atoms with Crippen LogP contribution < -0.4 is 10.6 Å². The number of carbonyl (C=O) groups is 1. The van der Waals surface area contributed by atoms with E-state index in [9.17, 15) is 4.79 Å². The minimum atomic E-state index is -0.0198. The Labute approximate surface area is 143 Å². The number of carbonyl (C=O) groups excluding carboxylic acids is 1. The molecular formula is C20H25N3O. The van der Waals surface area contributed by atoms with Crippen LogP contribution in [0.5, 0.6) is 0 Å². The first-order chi connectivity index (χ1) is 11.7. The summed E-state index contributed by atoms with van der Waals surface area (Å²) in [6, 6.07) is 12.4. The minimum absolute atomic E-state index is 0.0198. The van der Waals surface area contributed by atoms with E-state index in [1.54, 1.807) is 6.20 Å². The summed E-state index contributed by atoms with van der Waals surface area (Å²) in [6.45, 7) is 2.04. The number of nitrogens with zero attached hydrogens (tertiary/aromatic N) is 1. The molecule has 126 valence electrons. The number of rotatable bonds is 5. The summed E-state index contributed by atoms with van der Waals surface area (Å²) in [4.78, 5) is 16.5. The lowest BCUT2D eigenvalue weighted by Crippen LogP contribution is -2.22. The van der Waals surface area contributed by atoms with Crippen molar-refractivity contribution in [2.45, 2.75) is 51.5 Å². The molecule has 1 aromatic heterocycles. The van der Waals surface area contributed by atoms with Crippen LogP contribution in [0.25, 0.3) is 0 Å². The summed E-state index contributed by atoms with van der Waals surface area (Å²) in [5.74, 6) is 0.868. The number of aromatic nitrogens is 1. The quantitative estimate of drug-likeness (QED) is 0.862. The molecule has 4 heteroatoms. The highest BCUT2D eigenvalue weighted by Gasteiger charge is 2.13. The van der Waals surface area contributed by atoms with Gasteiger partial charge in [0.05, 0.1) is 18.3 Å². The van der Waals surface area contributed by atoms with Crippen LogP contribution in [0.4, 0.5) is 11.5 Å². The second kappa shape index (κ2) is 7.95. The lowest BCUT2D eigenvalue weighted by Gasteiger charge is -2.23. The molecule has 0 radical (unpaired) electrons. The average molecular weight is 323 g/mol. The van der Waals surface area contributed by atoms with Crippen molar-refractivity contribution in [1.82, 2.24) is 4.98 Å². The van der Waals surface area contributed by atoms with Crippen LogP contribution in [-0.2, 0) is 11.2 Å². The van der Waals surface area contributed by atoms with Crippen molar-refractivity contribution in [2.75, 3.05) is 10.6 Å². The van der Waals surface area contributed by atoms with Gasteiger partial charge in [0.1, 0.15) is 5.82 Å². The molecule has 1 aromatic carbocycles. The Hall–Kier alpha value is -2.36. The van der Waals surface area contributed by atoms with E-state index >= 15 is 0 Å². The molecule has 0 saturated heterocycles. The van der Waals surface area contributed by atoms with Crippen molar-refractivity contribution in [3.63, 3.8) is 0 Å². The number of amides is 1. The van der Waals surface area contributed by atoms with Crippen molar-refractivity contribution in [3.8, 4) is 0 Å². The number of anilines is 2. The second-order valence-corrected chi connectivity index (χ2v) is 6.62. The molecule has 2 aromatic rings. The average Bonchev–Trinajstić information content (AvgIpc) is 2.60. The van der Waals surface area contributed by atoms with Gasteiger partial charge in [0, 0.05) is 6.04 Å². The zero-order valence-corrected chi connectivity index (χ0v) is 14.2. The Morgan fingerprint density at radius 1 is 1.08 bits per heavy atom. The van der Waals surface area contributed by atoms with Crippen molar-refractivity contribution in [1.29, 1.82) is 0 Å². The van der Waals surface area contributed by atoms with E-state index in [2.05, 4.69) is 15.6 Å². The van der Waals surface area contributed by atoms with Crippen LogP contribution in [0.15, 0.2) is 42.6 Å². The van der Waals surface area contributed by atoms with Crippen molar-refractivity contribution < 1.29 is 4.79 Å². The van der Waals surface area contributed by atoms with Gasteiger partial charge in [-0.2, -0.15) is 0 Å². The molecule has 0 aliphatic heterocycles. The van der Waals surface area contributed by atoms with Crippen molar-refractivity contribution in [2.24, 2.45) is 0 Å². The molecule has 2 N–H and O–H groups in total. The number of nitrogens with one attached hydrogen (secondary N) is 2. The minimum Gasteiger partial charge on any atom is -0.367 e. The van der Waals surface area contributed by atoms with Gasteiger partial charge in [0.25, 0.3) is 0 Å². The van der Waals surface area contributed by atoms with E-state index in [1.807, 2.05) is 43.3 Å². The molecule has 1 amide bonds. The molecule has 0 unspecified atom stereocenters. The van der Waals surface area contributed by atoms with Crippen LogP contribution in [0, 0.1) is 6.92 Å². The maximum absolute atomic E-state index is 12.1. The smallest absolute Gasteiger partial charge is 0.228 e. The normalized spacial score (nSPS) is 15.0. The van der Waals surface area contributed by atoms with Gasteiger partial charge in [-0.1, -0.05) is 49.1 Å². The molecule has 0 bridgehead atoms. The van der Waals surface area contributed by atoms with Gasteiger partial charge in [-0.15, -0.1) is 0 Å². The molecule has 1 fully saturated rings. The van der Waals surface area contributed by atoms with Gasteiger partial charge < -0.3 is 10.6 Å². The van der Waals surface area contributed by atoms with Gasteiger partial charge in [-0.3, -0.25) is 4.79 Å². The Bertz CT molecular complexity index is 658. The summed E-state index contributed by atoms with van der Waals surface area (Å²) in [5, 5.41) is 6.39. The maximum atomic E-state index is 12.1. The SMILES string of the molecule is Cc1ccc(CC(=O)Nc2ccc(NC3CCCCC3)nc2)cc1. The Morgan fingerprint density at radius 3 is 2.50 bits per heavy atom. The van der Waals surface area contributed by atoms with Crippen molar-refractivity contribution >= 4 is 17.4 Å². The third kappa shape index (κ3) is 4.82. The lowest BCUT2D eigenvalue weighted by atomic mass is 9.95. The molecule has 3 rings (SSSR count). The van der Waals surface area contributed by atoms with Crippen molar-refractivity contribution in [3.05, 3.63) is 53.7 Å². The summed E-state index contributed by atoms with van der Waals surface area (Å²) in [5.41, 5.74) is 2.95. The first-order valence-electron chi connectivity index (χ1n) is 8.77. The molecule has 1 heterocycles. The first kappa shape index (κ1) is 16.5. The zero-order chi connectivity index (χ0) is 16.8. The largest absolute Gasteiger partial charge is 0.367 e. The van der Waals surface area contributed by atoms with E-state index in [0.29, 0.717) is 12.5 Å². The topological polar surface area (TPSA) is 54.0 Å². The molecule has 1 aliphatic rings. The van der Waals surface area contributed by atoms with E-state index in [-0.39, 0.29) is 5.91 Å². The molecule has 0 spiro atoms. The van der Waals surface area contributed by atoms with E-state index in [0.717, 1.165) is 17.1 Å². The van der Waals surface area contributed by atoms with E-state index < -0.39 is 0 Å². The zero-order valence-electron chi connectivity index (χ0n) is 14.2. The third-order valence-corrected chi connectivity index (χ3v) is 4.49. The first-order valence-corrected chi connectivity index (χ1v) is 8.77. The summed E-state index contributed by atoms with van der Waals surface area (Å²) >= 11 is 0. The molecule has 4 nitrogen and oxygen atoms in total. The lowest BCUT2D eigenvalue weighted by molar-refractivity contribution is -0.115. The molecule has 1 saturated carbocycles. The predicted octanol–water partition coefficient (Wildman–Crippen LogP) is 4.32. The highest BCUT2D eigenvalue weighted by Crippen LogP contribution is 2.21. The standard InChI is InChI=1S/C20H25N3O/c1-15-7-9-16(10-8-15)13-20(24)23-18-11-12-19(21-14-18)22-17-5-3-2-4-6-17/h7-12,14,17H,2-6,13H2,1H3,(H,21,22)(H,23,24). The number of benzene rings is 1. The van der Waals surface area contributed by atoms with Crippen LogP contribution in [0.2, 0.25) is 0 Å². The highest BCUT2D eigenvalue weighted by atomic mass is 16.1. The molecule has 0 atom stereocenters. The summed E-state index contributed by atoms with van der Waals surface area (Å²) in [7, 11) is 0. The van der Waals surface area contributed by atoms with Crippen LogP contribution in [0.1, 0.15) is 43.2 Å². The fourth-order valence-electron chi connectivity index (χ4n) is 3.11. The highest BCUT2D eigenvalue weighted by molar-refractivity contribution is 5.92. The third-order valence-electron chi connectivity index (χ3n) is 4.49. The van der Waals surface area contributed by atoms with Crippen LogP contribution >= 0.6 is 0 Å². The Morgan fingerprint density at radius 2 is 1.83 bits per heavy atom. The van der Waals surface area contributed by atoms with Crippen LogP contribution in [-0.4, -0.2) is 16.9 Å². The van der Waals surface area contributed by atoms with Gasteiger partial charge in [0.15, 0.2) is 0 Å². The Kier molecular flexibility index (Phi) is 5.47. The number of pyridine rings is 1. The van der Waals surface area contributed by atoms with Gasteiger partial charge in [-0.05, 0) is 37.5 Å². The number of hydrogen-bond donors (Lipinski definition) is 2. The maximum Gasteiger partial charge on any atom is 0.228 e. The molecular weight excluding hydrogens is 298 g/mol. The van der Waals surface area contributed by atoms with Gasteiger partial charge in [-0.25, -0.2) is 4.98 Å².